The molecule has 0 atom stereocenters. The Balaban J connectivity index is 1.31. The van der Waals surface area contributed by atoms with Crippen molar-refractivity contribution >= 4 is 15.9 Å². The van der Waals surface area contributed by atoms with Crippen LogP contribution in [-0.2, 0) is 6.42 Å². The summed E-state index contributed by atoms with van der Waals surface area (Å²) in [7, 11) is 1.75. The number of hydrogen-bond donors (Lipinski definition) is 0. The molecule has 2 aliphatic rings. The first-order valence-electron chi connectivity index (χ1n) is 12.4. The number of rotatable bonds is 10. The molecule has 3 rings (SSSR count). The summed E-state index contributed by atoms with van der Waals surface area (Å²) >= 11 is 3.72. The number of likely N-dealkylation sites (tertiary alicyclic amines) is 1. The summed E-state index contributed by atoms with van der Waals surface area (Å²) in [4.78, 5) is 5.39. The molecule has 0 spiro atoms. The molecule has 1 saturated heterocycles. The Hall–Kier alpha value is -0.580. The van der Waals surface area contributed by atoms with Crippen molar-refractivity contribution in [1.82, 2.24) is 9.80 Å². The smallest absolute Gasteiger partial charge is 0.119 e. The topological polar surface area (TPSA) is 15.7 Å². The van der Waals surface area contributed by atoms with Crippen LogP contribution in [0.5, 0.6) is 5.75 Å². The quantitative estimate of drug-likeness (QED) is 0.387. The number of nitrogens with zero attached hydrogens (tertiary/aromatic N) is 2. The Kier molecular flexibility index (Phi) is 9.99. The third-order valence-electron chi connectivity index (χ3n) is 7.70. The molecule has 0 N–H and O–H groups in total. The summed E-state index contributed by atoms with van der Waals surface area (Å²) in [5.74, 6) is 2.76. The van der Waals surface area contributed by atoms with Gasteiger partial charge in [0, 0.05) is 10.5 Å². The minimum absolute atomic E-state index is 0.806. The molecule has 1 heterocycles. The molecule has 0 unspecified atom stereocenters. The van der Waals surface area contributed by atoms with Crippen molar-refractivity contribution in [3.05, 3.63) is 28.2 Å². The molecule has 0 radical (unpaired) electrons. The van der Waals surface area contributed by atoms with Gasteiger partial charge in [-0.3, -0.25) is 0 Å². The fraction of sp³-hybridized carbons (Fsp3) is 0.769. The van der Waals surface area contributed by atoms with E-state index in [4.69, 9.17) is 4.74 Å². The highest BCUT2D eigenvalue weighted by Gasteiger charge is 2.25. The number of hydrogen-bond acceptors (Lipinski definition) is 3. The van der Waals surface area contributed by atoms with E-state index in [9.17, 15) is 0 Å². The van der Waals surface area contributed by atoms with Crippen LogP contribution >= 0.6 is 15.9 Å². The number of piperidine rings is 1. The van der Waals surface area contributed by atoms with Crippen LogP contribution in [0, 0.1) is 11.8 Å². The normalized spacial score (nSPS) is 23.8. The van der Waals surface area contributed by atoms with Gasteiger partial charge in [-0.1, -0.05) is 29.8 Å². The minimum Gasteiger partial charge on any atom is -0.497 e. The number of ether oxygens (including phenoxy) is 1. The van der Waals surface area contributed by atoms with E-state index < -0.39 is 0 Å². The van der Waals surface area contributed by atoms with E-state index in [1.807, 2.05) is 6.07 Å². The van der Waals surface area contributed by atoms with E-state index in [1.165, 1.54) is 101 Å². The molecular formula is C26H43BrN2O. The van der Waals surface area contributed by atoms with Gasteiger partial charge in [-0.25, -0.2) is 0 Å². The maximum atomic E-state index is 5.41. The van der Waals surface area contributed by atoms with Gasteiger partial charge in [0.2, 0.25) is 0 Å². The third kappa shape index (κ3) is 6.97. The molecular weight excluding hydrogens is 436 g/mol. The van der Waals surface area contributed by atoms with Gasteiger partial charge in [-0.15, -0.1) is 0 Å². The van der Waals surface area contributed by atoms with Gasteiger partial charge in [0.1, 0.15) is 5.75 Å². The SMILES string of the molecule is CCN(CC)[C@H]1CC[C@@H](CCCN2CCC(Cc3cc(OC)ccc3Br)CC2)CC1. The summed E-state index contributed by atoms with van der Waals surface area (Å²) in [6, 6.07) is 7.22. The Morgan fingerprint density at radius 3 is 2.33 bits per heavy atom. The van der Waals surface area contributed by atoms with Crippen LogP contribution in [0.2, 0.25) is 0 Å². The molecule has 4 heteroatoms. The largest absolute Gasteiger partial charge is 0.497 e. The standard InChI is InChI=1S/C26H43BrN2O/c1-4-29(5-2)24-10-8-21(9-11-24)7-6-16-28-17-14-22(15-18-28)19-23-20-25(30-3)12-13-26(23)27/h12-13,20-22,24H,4-11,14-19H2,1-3H3/t21-,24+. The average Bonchev–Trinajstić information content (AvgIpc) is 2.78. The van der Waals surface area contributed by atoms with Crippen molar-refractivity contribution in [3.63, 3.8) is 0 Å². The highest BCUT2D eigenvalue weighted by Crippen LogP contribution is 2.31. The van der Waals surface area contributed by atoms with Gasteiger partial charge in [-0.2, -0.15) is 0 Å². The van der Waals surface area contributed by atoms with Crippen molar-refractivity contribution in [2.75, 3.05) is 39.8 Å². The summed E-state index contributed by atoms with van der Waals surface area (Å²) in [5.41, 5.74) is 1.40. The first-order chi connectivity index (χ1) is 14.6. The first-order valence-corrected chi connectivity index (χ1v) is 13.2. The van der Waals surface area contributed by atoms with Crippen molar-refractivity contribution in [1.29, 1.82) is 0 Å². The highest BCUT2D eigenvalue weighted by molar-refractivity contribution is 9.10. The van der Waals surface area contributed by atoms with Crippen LogP contribution in [0.1, 0.15) is 70.8 Å². The van der Waals surface area contributed by atoms with Crippen LogP contribution in [0.4, 0.5) is 0 Å². The van der Waals surface area contributed by atoms with Crippen LogP contribution < -0.4 is 4.74 Å². The molecule has 0 aromatic heterocycles. The molecule has 3 nitrogen and oxygen atoms in total. The van der Waals surface area contributed by atoms with Gasteiger partial charge in [0.05, 0.1) is 7.11 Å². The molecule has 0 amide bonds. The molecule has 1 aromatic carbocycles. The fourth-order valence-electron chi connectivity index (χ4n) is 5.70. The first kappa shape index (κ1) is 24.1. The molecule has 1 saturated carbocycles. The second-order valence-electron chi connectivity index (χ2n) is 9.48. The number of methoxy groups -OCH3 is 1. The van der Waals surface area contributed by atoms with E-state index in [-0.39, 0.29) is 0 Å². The van der Waals surface area contributed by atoms with Crippen molar-refractivity contribution in [3.8, 4) is 5.75 Å². The van der Waals surface area contributed by atoms with Crippen molar-refractivity contribution in [2.24, 2.45) is 11.8 Å². The zero-order valence-electron chi connectivity index (χ0n) is 19.5. The van der Waals surface area contributed by atoms with Crippen molar-refractivity contribution < 1.29 is 4.74 Å². The lowest BCUT2D eigenvalue weighted by atomic mass is 9.82. The van der Waals surface area contributed by atoms with Crippen molar-refractivity contribution in [2.45, 2.75) is 77.7 Å². The Morgan fingerprint density at radius 2 is 1.70 bits per heavy atom. The summed E-state index contributed by atoms with van der Waals surface area (Å²) in [5, 5.41) is 0. The maximum absolute atomic E-state index is 5.41. The lowest BCUT2D eigenvalue weighted by molar-refractivity contribution is 0.139. The highest BCUT2D eigenvalue weighted by atomic mass is 79.9. The van der Waals surface area contributed by atoms with E-state index in [0.29, 0.717) is 0 Å². The van der Waals surface area contributed by atoms with E-state index in [0.717, 1.165) is 23.6 Å². The van der Waals surface area contributed by atoms with Gasteiger partial charge in [-0.05, 0) is 126 Å². The van der Waals surface area contributed by atoms with Gasteiger partial charge < -0.3 is 14.5 Å². The lowest BCUT2D eigenvalue weighted by Crippen LogP contribution is -2.38. The van der Waals surface area contributed by atoms with E-state index in [2.05, 4.69) is 51.7 Å². The molecule has 0 bridgehead atoms. The molecule has 1 aromatic rings. The average molecular weight is 480 g/mol. The third-order valence-corrected chi connectivity index (χ3v) is 8.47. The van der Waals surface area contributed by atoms with Crippen LogP contribution in [-0.4, -0.2) is 55.7 Å². The lowest BCUT2D eigenvalue weighted by Gasteiger charge is -2.36. The monoisotopic (exact) mass is 478 g/mol. The van der Waals surface area contributed by atoms with E-state index >= 15 is 0 Å². The summed E-state index contributed by atoms with van der Waals surface area (Å²) < 4.78 is 6.63. The molecule has 1 aliphatic carbocycles. The van der Waals surface area contributed by atoms with Crippen LogP contribution in [0.15, 0.2) is 22.7 Å². The zero-order valence-corrected chi connectivity index (χ0v) is 21.1. The predicted octanol–water partition coefficient (Wildman–Crippen LogP) is 6.39. The van der Waals surface area contributed by atoms with E-state index in [1.54, 1.807) is 7.11 Å². The minimum atomic E-state index is 0.806. The van der Waals surface area contributed by atoms with Crippen LogP contribution in [0.25, 0.3) is 0 Å². The Labute approximate surface area is 193 Å². The van der Waals surface area contributed by atoms with Crippen LogP contribution in [0.3, 0.4) is 0 Å². The predicted molar refractivity (Wildman–Crippen MR) is 131 cm³/mol. The number of benzene rings is 1. The maximum Gasteiger partial charge on any atom is 0.119 e. The summed E-state index contributed by atoms with van der Waals surface area (Å²) in [6.45, 7) is 10.9. The molecule has 170 valence electrons. The zero-order chi connectivity index (χ0) is 21.3. The number of halogens is 1. The van der Waals surface area contributed by atoms with Gasteiger partial charge in [0.15, 0.2) is 0 Å². The second kappa shape index (κ2) is 12.5. The van der Waals surface area contributed by atoms with Gasteiger partial charge in [0.25, 0.3) is 0 Å². The molecule has 30 heavy (non-hydrogen) atoms. The summed E-state index contributed by atoms with van der Waals surface area (Å²) in [6.07, 6.45) is 12.4. The van der Waals surface area contributed by atoms with Gasteiger partial charge >= 0.3 is 0 Å². The Bertz CT molecular complexity index is 617. The molecule has 1 aliphatic heterocycles. The second-order valence-corrected chi connectivity index (χ2v) is 10.3. The Morgan fingerprint density at radius 1 is 1.00 bits per heavy atom. The fourth-order valence-corrected chi connectivity index (χ4v) is 6.11. The molecule has 2 fully saturated rings.